The van der Waals surface area contributed by atoms with Gasteiger partial charge in [0.1, 0.15) is 23.3 Å². The Morgan fingerprint density at radius 3 is 2.77 bits per heavy atom. The zero-order chi connectivity index (χ0) is 15.9. The fourth-order valence-corrected chi connectivity index (χ4v) is 2.15. The molecule has 7 nitrogen and oxygen atoms in total. The van der Waals surface area contributed by atoms with E-state index >= 15 is 0 Å². The average Bonchev–Trinajstić information content (AvgIpc) is 2.85. The van der Waals surface area contributed by atoms with Crippen molar-refractivity contribution in [3.05, 3.63) is 46.8 Å². The van der Waals surface area contributed by atoms with Crippen molar-refractivity contribution in [2.45, 2.75) is 19.4 Å². The van der Waals surface area contributed by atoms with Gasteiger partial charge < -0.3 is 9.72 Å². The lowest BCUT2D eigenvalue weighted by Gasteiger charge is -2.24. The number of hydrogen-bond donors (Lipinski definition) is 1. The molecule has 0 saturated carbocycles. The van der Waals surface area contributed by atoms with Crippen LogP contribution < -0.4 is 10.3 Å². The van der Waals surface area contributed by atoms with Gasteiger partial charge in [0.25, 0.3) is 5.56 Å². The van der Waals surface area contributed by atoms with Gasteiger partial charge in [0, 0.05) is 19.2 Å². The summed E-state index contributed by atoms with van der Waals surface area (Å²) in [6.07, 6.45) is 2.76. The van der Waals surface area contributed by atoms with Crippen LogP contribution in [0.4, 0.5) is 4.39 Å². The third-order valence-corrected chi connectivity index (χ3v) is 3.18. The number of aryl methyl sites for hydroxylation is 1. The second-order valence-corrected chi connectivity index (χ2v) is 5.38. The molecule has 0 saturated heterocycles. The standard InChI is InChI=1S/C14H14FN5O2/c1-14(2,13-18-7-20(3)19-13)22-10-5-8(15)4-9-11(10)12(21)17-6-16-9/h4-7H,1-3H3,(H,16,17,21). The second-order valence-electron chi connectivity index (χ2n) is 5.38. The van der Waals surface area contributed by atoms with E-state index in [1.807, 2.05) is 0 Å². The number of H-pyrrole nitrogens is 1. The van der Waals surface area contributed by atoms with Crippen LogP contribution in [0.1, 0.15) is 19.7 Å². The fourth-order valence-electron chi connectivity index (χ4n) is 2.15. The SMILES string of the molecule is Cn1cnc(C(C)(C)Oc2cc(F)cc3nc[nH]c(=O)c23)n1. The molecule has 0 radical (unpaired) electrons. The molecule has 0 bridgehead atoms. The molecule has 1 aromatic carbocycles. The number of rotatable bonds is 3. The molecule has 0 aliphatic rings. The highest BCUT2D eigenvalue weighted by atomic mass is 19.1. The highest BCUT2D eigenvalue weighted by Gasteiger charge is 2.29. The first-order valence-corrected chi connectivity index (χ1v) is 6.59. The van der Waals surface area contributed by atoms with Gasteiger partial charge in [-0.1, -0.05) is 0 Å². The Kier molecular flexibility index (Phi) is 3.16. The third kappa shape index (κ3) is 2.43. The van der Waals surface area contributed by atoms with E-state index in [1.165, 1.54) is 12.4 Å². The molecule has 0 amide bonds. The summed E-state index contributed by atoms with van der Waals surface area (Å²) < 4.78 is 21.1. The van der Waals surface area contributed by atoms with Gasteiger partial charge in [-0.05, 0) is 13.8 Å². The quantitative estimate of drug-likeness (QED) is 0.792. The molecular formula is C14H14FN5O2. The van der Waals surface area contributed by atoms with E-state index in [4.69, 9.17) is 4.74 Å². The maximum absolute atomic E-state index is 13.7. The second kappa shape index (κ2) is 4.90. The van der Waals surface area contributed by atoms with Crippen molar-refractivity contribution in [3.63, 3.8) is 0 Å². The Hall–Kier alpha value is -2.77. The molecule has 3 rings (SSSR count). The minimum Gasteiger partial charge on any atom is -0.479 e. The zero-order valence-electron chi connectivity index (χ0n) is 12.3. The van der Waals surface area contributed by atoms with E-state index in [2.05, 4.69) is 20.1 Å². The van der Waals surface area contributed by atoms with Crippen molar-refractivity contribution in [2.24, 2.45) is 7.05 Å². The van der Waals surface area contributed by atoms with E-state index < -0.39 is 17.0 Å². The molecule has 0 fully saturated rings. The third-order valence-electron chi connectivity index (χ3n) is 3.18. The molecule has 0 unspecified atom stereocenters. The molecule has 8 heteroatoms. The van der Waals surface area contributed by atoms with Crippen LogP contribution >= 0.6 is 0 Å². The highest BCUT2D eigenvalue weighted by Crippen LogP contribution is 2.30. The van der Waals surface area contributed by atoms with Crippen LogP contribution in [0.5, 0.6) is 5.75 Å². The molecule has 0 aliphatic heterocycles. The highest BCUT2D eigenvalue weighted by molar-refractivity contribution is 5.84. The Balaban J connectivity index is 2.12. The number of aromatic nitrogens is 5. The summed E-state index contributed by atoms with van der Waals surface area (Å²) in [7, 11) is 1.73. The lowest BCUT2D eigenvalue weighted by atomic mass is 10.1. The van der Waals surface area contributed by atoms with Gasteiger partial charge in [0.15, 0.2) is 11.4 Å². The van der Waals surface area contributed by atoms with Gasteiger partial charge in [0.2, 0.25) is 0 Å². The monoisotopic (exact) mass is 303 g/mol. The molecule has 114 valence electrons. The number of fused-ring (bicyclic) bond motifs is 1. The van der Waals surface area contributed by atoms with Gasteiger partial charge in [-0.2, -0.15) is 5.10 Å². The van der Waals surface area contributed by atoms with Gasteiger partial charge in [-0.15, -0.1) is 0 Å². The molecule has 2 aromatic heterocycles. The molecule has 1 N–H and O–H groups in total. The molecular weight excluding hydrogens is 289 g/mol. The van der Waals surface area contributed by atoms with Crippen molar-refractivity contribution < 1.29 is 9.13 Å². The number of halogens is 1. The van der Waals surface area contributed by atoms with Crippen LogP contribution in [0, 0.1) is 5.82 Å². The molecule has 0 atom stereocenters. The van der Waals surface area contributed by atoms with E-state index in [0.717, 1.165) is 6.07 Å². The minimum atomic E-state index is -0.940. The number of nitrogens with one attached hydrogen (secondary N) is 1. The van der Waals surface area contributed by atoms with Crippen molar-refractivity contribution in [3.8, 4) is 5.75 Å². The number of benzene rings is 1. The van der Waals surface area contributed by atoms with Crippen molar-refractivity contribution in [2.75, 3.05) is 0 Å². The molecule has 3 aromatic rings. The number of nitrogens with zero attached hydrogens (tertiary/aromatic N) is 4. The first-order chi connectivity index (χ1) is 10.4. The molecule has 0 spiro atoms. The fraction of sp³-hybridized carbons (Fsp3) is 0.286. The maximum atomic E-state index is 13.7. The Morgan fingerprint density at radius 2 is 2.09 bits per heavy atom. The van der Waals surface area contributed by atoms with E-state index in [-0.39, 0.29) is 16.7 Å². The number of ether oxygens (including phenoxy) is 1. The van der Waals surface area contributed by atoms with Gasteiger partial charge >= 0.3 is 0 Å². The smallest absolute Gasteiger partial charge is 0.262 e. The van der Waals surface area contributed by atoms with Crippen molar-refractivity contribution in [1.29, 1.82) is 0 Å². The number of hydrogen-bond acceptors (Lipinski definition) is 5. The van der Waals surface area contributed by atoms with Crippen LogP contribution in [-0.4, -0.2) is 24.7 Å². The topological polar surface area (TPSA) is 85.7 Å². The summed E-state index contributed by atoms with van der Waals surface area (Å²) in [5, 5.41) is 4.38. The van der Waals surface area contributed by atoms with E-state index in [9.17, 15) is 9.18 Å². The Bertz CT molecular complexity index is 900. The van der Waals surface area contributed by atoms with Crippen molar-refractivity contribution >= 4 is 10.9 Å². The first kappa shape index (κ1) is 14.2. The predicted molar refractivity (Wildman–Crippen MR) is 77.0 cm³/mol. The Labute approximate surface area is 124 Å². The van der Waals surface area contributed by atoms with Gasteiger partial charge in [-0.25, -0.2) is 14.4 Å². The largest absolute Gasteiger partial charge is 0.479 e. The summed E-state index contributed by atoms with van der Waals surface area (Å²) in [6.45, 7) is 3.48. The molecule has 2 heterocycles. The number of aromatic amines is 1. The van der Waals surface area contributed by atoms with Crippen LogP contribution in [0.25, 0.3) is 10.9 Å². The minimum absolute atomic E-state index is 0.0989. The molecule has 22 heavy (non-hydrogen) atoms. The van der Waals surface area contributed by atoms with Gasteiger partial charge in [0.05, 0.1) is 11.8 Å². The zero-order valence-corrected chi connectivity index (χ0v) is 12.3. The lowest BCUT2D eigenvalue weighted by molar-refractivity contribution is 0.0999. The summed E-state index contributed by atoms with van der Waals surface area (Å²) in [6, 6.07) is 2.34. The molecule has 0 aliphatic carbocycles. The normalized spacial score (nSPS) is 11.8. The summed E-state index contributed by atoms with van der Waals surface area (Å²) in [5.41, 5.74) is -1.11. The van der Waals surface area contributed by atoms with Crippen LogP contribution in [-0.2, 0) is 12.6 Å². The maximum Gasteiger partial charge on any atom is 0.262 e. The van der Waals surface area contributed by atoms with Crippen LogP contribution in [0.2, 0.25) is 0 Å². The van der Waals surface area contributed by atoms with Crippen LogP contribution in [0.15, 0.2) is 29.6 Å². The first-order valence-electron chi connectivity index (χ1n) is 6.59. The predicted octanol–water partition coefficient (Wildman–Crippen LogP) is 1.50. The van der Waals surface area contributed by atoms with E-state index in [0.29, 0.717) is 5.82 Å². The summed E-state index contributed by atoms with van der Waals surface area (Å²) >= 11 is 0. The lowest BCUT2D eigenvalue weighted by Crippen LogP contribution is -2.28. The van der Waals surface area contributed by atoms with Crippen molar-refractivity contribution in [1.82, 2.24) is 24.7 Å². The summed E-state index contributed by atoms with van der Waals surface area (Å²) in [4.78, 5) is 22.6. The van der Waals surface area contributed by atoms with Crippen LogP contribution in [0.3, 0.4) is 0 Å². The average molecular weight is 303 g/mol. The summed E-state index contributed by atoms with van der Waals surface area (Å²) in [5.74, 6) is -0.0140. The van der Waals surface area contributed by atoms with Gasteiger partial charge in [-0.3, -0.25) is 9.48 Å². The Morgan fingerprint density at radius 1 is 1.32 bits per heavy atom. The van der Waals surface area contributed by atoms with E-state index in [1.54, 1.807) is 31.9 Å².